The highest BCUT2D eigenvalue weighted by molar-refractivity contribution is 14.1. The molecule has 7 heteroatoms. The molecule has 1 heterocycles. The monoisotopic (exact) mass is 368 g/mol. The summed E-state index contributed by atoms with van der Waals surface area (Å²) in [6.07, 6.45) is -4.71. The van der Waals surface area contributed by atoms with Crippen molar-refractivity contribution in [2.45, 2.75) is 13.3 Å². The number of nitrogen functional groups attached to an aromatic ring is 1. The summed E-state index contributed by atoms with van der Waals surface area (Å²) >= 11 is 2.01. The smallest absolute Gasteiger partial charge is 0.406 e. The topological polar surface area (TPSA) is 48.1 Å². The van der Waals surface area contributed by atoms with Crippen LogP contribution in [0.15, 0.2) is 18.2 Å². The van der Waals surface area contributed by atoms with Gasteiger partial charge in [-0.1, -0.05) is 0 Å². The molecule has 0 aliphatic carbocycles. The molecule has 3 nitrogen and oxygen atoms in total. The van der Waals surface area contributed by atoms with Crippen molar-refractivity contribution in [2.75, 3.05) is 5.73 Å². The number of nitrogens with two attached hydrogens (primary N) is 1. The highest BCUT2D eigenvalue weighted by Crippen LogP contribution is 2.31. The summed E-state index contributed by atoms with van der Waals surface area (Å²) < 4.78 is 40.9. The summed E-state index contributed by atoms with van der Waals surface area (Å²) in [6, 6.07) is 3.91. The van der Waals surface area contributed by atoms with Gasteiger partial charge in [-0.2, -0.15) is 0 Å². The fourth-order valence-corrected chi connectivity index (χ4v) is 1.98. The van der Waals surface area contributed by atoms with E-state index in [1.54, 1.807) is 6.92 Å². The van der Waals surface area contributed by atoms with Gasteiger partial charge in [0.05, 0.1) is 20.5 Å². The summed E-state index contributed by atoms with van der Waals surface area (Å²) in [7, 11) is 0. The minimum Gasteiger partial charge on any atom is -0.406 e. The molecular weight excluding hydrogens is 360 g/mol. The molecule has 0 unspecified atom stereocenters. The van der Waals surface area contributed by atoms with Crippen molar-refractivity contribution in [1.82, 2.24) is 4.98 Å². The van der Waals surface area contributed by atoms with Gasteiger partial charge < -0.3 is 10.5 Å². The molecule has 96 valence electrons. The maximum atomic E-state index is 12.1. The lowest BCUT2D eigenvalue weighted by molar-refractivity contribution is -0.274. The van der Waals surface area contributed by atoms with Crippen LogP contribution in [0, 0.1) is 10.5 Å². The second-order valence-electron chi connectivity index (χ2n) is 3.65. The molecule has 0 atom stereocenters. The molecule has 0 radical (unpaired) electrons. The molecule has 2 aromatic rings. The second-order valence-corrected chi connectivity index (χ2v) is 4.73. The molecule has 1 aromatic heterocycles. The van der Waals surface area contributed by atoms with Crippen LogP contribution in [0.3, 0.4) is 0 Å². The van der Waals surface area contributed by atoms with Gasteiger partial charge >= 0.3 is 6.36 Å². The van der Waals surface area contributed by atoms with Gasteiger partial charge in [0.1, 0.15) is 5.75 Å². The van der Waals surface area contributed by atoms with E-state index in [2.05, 4.69) is 9.72 Å². The normalized spacial score (nSPS) is 11.8. The Bertz CT molecular complexity index is 613. The Morgan fingerprint density at radius 2 is 2.00 bits per heavy atom. The van der Waals surface area contributed by atoms with Crippen molar-refractivity contribution in [3.63, 3.8) is 0 Å². The minimum absolute atomic E-state index is 0.303. The van der Waals surface area contributed by atoms with E-state index in [1.165, 1.54) is 18.2 Å². The summed E-state index contributed by atoms with van der Waals surface area (Å²) in [5.74, 6) is -0.303. The number of benzene rings is 1. The number of ether oxygens (including phenoxy) is 1. The standard InChI is InChI=1S/C11H8F3IN2O/c1-5-9(15)10(16)7-4-6(18-11(12,13)14)2-3-8(7)17-5/h2-4H,1H3,(H2,16,17). The molecule has 1 aromatic carbocycles. The third-order valence-corrected chi connectivity index (χ3v) is 3.70. The van der Waals surface area contributed by atoms with Crippen molar-refractivity contribution < 1.29 is 17.9 Å². The Morgan fingerprint density at radius 3 is 2.61 bits per heavy atom. The second kappa shape index (κ2) is 4.45. The number of fused-ring (bicyclic) bond motifs is 1. The number of alkyl halides is 3. The van der Waals surface area contributed by atoms with Gasteiger partial charge in [-0.05, 0) is 47.7 Å². The van der Waals surface area contributed by atoms with Gasteiger partial charge in [0.2, 0.25) is 0 Å². The number of rotatable bonds is 1. The van der Waals surface area contributed by atoms with E-state index in [1.807, 2.05) is 22.6 Å². The van der Waals surface area contributed by atoms with Crippen molar-refractivity contribution >= 4 is 39.2 Å². The fraction of sp³-hybridized carbons (Fsp3) is 0.182. The first-order valence-corrected chi connectivity index (χ1v) is 5.97. The predicted molar refractivity (Wildman–Crippen MR) is 70.3 cm³/mol. The Balaban J connectivity index is 2.58. The van der Waals surface area contributed by atoms with Gasteiger partial charge in [-0.25, -0.2) is 0 Å². The Labute approximate surface area is 114 Å². The average molecular weight is 368 g/mol. The van der Waals surface area contributed by atoms with E-state index < -0.39 is 6.36 Å². The van der Waals surface area contributed by atoms with Gasteiger partial charge in [0.15, 0.2) is 0 Å². The van der Waals surface area contributed by atoms with Crippen LogP contribution in [0.25, 0.3) is 10.9 Å². The molecule has 0 saturated carbocycles. The molecule has 0 aliphatic rings. The van der Waals surface area contributed by atoms with Crippen LogP contribution in [0.4, 0.5) is 18.9 Å². The maximum Gasteiger partial charge on any atom is 0.573 e. The first kappa shape index (κ1) is 13.2. The highest BCUT2D eigenvalue weighted by Gasteiger charge is 2.31. The van der Waals surface area contributed by atoms with Crippen molar-refractivity contribution in [1.29, 1.82) is 0 Å². The van der Waals surface area contributed by atoms with E-state index >= 15 is 0 Å². The molecule has 0 fully saturated rings. The van der Waals surface area contributed by atoms with Gasteiger partial charge in [0, 0.05) is 5.39 Å². The molecule has 2 N–H and O–H groups in total. The molecule has 0 bridgehead atoms. The van der Waals surface area contributed by atoms with Crippen LogP contribution in [-0.2, 0) is 0 Å². The summed E-state index contributed by atoms with van der Waals surface area (Å²) in [5, 5.41) is 0.451. The highest BCUT2D eigenvalue weighted by atomic mass is 127. The number of aryl methyl sites for hydroxylation is 1. The third-order valence-electron chi connectivity index (χ3n) is 2.33. The van der Waals surface area contributed by atoms with Crippen molar-refractivity contribution in [2.24, 2.45) is 0 Å². The predicted octanol–water partition coefficient (Wildman–Crippen LogP) is 3.63. The van der Waals surface area contributed by atoms with Gasteiger partial charge in [-0.15, -0.1) is 13.2 Å². The van der Waals surface area contributed by atoms with Crippen molar-refractivity contribution in [3.05, 3.63) is 27.5 Å². The molecule has 0 aliphatic heterocycles. The number of pyridine rings is 1. The van der Waals surface area contributed by atoms with Crippen molar-refractivity contribution in [3.8, 4) is 5.75 Å². The van der Waals surface area contributed by atoms with E-state index in [-0.39, 0.29) is 5.75 Å². The number of nitrogens with zero attached hydrogens (tertiary/aromatic N) is 1. The molecule has 0 saturated heterocycles. The summed E-state index contributed by atoms with van der Waals surface area (Å²) in [4.78, 5) is 4.25. The zero-order valence-corrected chi connectivity index (χ0v) is 11.3. The molecular formula is C11H8F3IN2O. The molecule has 2 rings (SSSR count). The van der Waals surface area contributed by atoms with Crippen LogP contribution < -0.4 is 10.5 Å². The zero-order valence-electron chi connectivity index (χ0n) is 9.18. The molecule has 18 heavy (non-hydrogen) atoms. The van der Waals surface area contributed by atoms with Crippen LogP contribution in [-0.4, -0.2) is 11.3 Å². The van der Waals surface area contributed by atoms with E-state index in [4.69, 9.17) is 5.73 Å². The number of aromatic nitrogens is 1. The quantitative estimate of drug-likeness (QED) is 0.783. The van der Waals surface area contributed by atoms with E-state index in [9.17, 15) is 13.2 Å². The lowest BCUT2D eigenvalue weighted by atomic mass is 10.1. The third kappa shape index (κ3) is 2.60. The van der Waals surface area contributed by atoms with Crippen LogP contribution in [0.5, 0.6) is 5.75 Å². The first-order chi connectivity index (χ1) is 8.28. The molecule has 0 spiro atoms. The maximum absolute atomic E-state index is 12.1. The SMILES string of the molecule is Cc1nc2ccc(OC(F)(F)F)cc2c(N)c1I. The Kier molecular flexibility index (Phi) is 3.26. The average Bonchev–Trinajstić information content (AvgIpc) is 2.25. The van der Waals surface area contributed by atoms with Crippen LogP contribution in [0.1, 0.15) is 5.69 Å². The largest absolute Gasteiger partial charge is 0.573 e. The lowest BCUT2D eigenvalue weighted by Crippen LogP contribution is -2.17. The fourth-order valence-electron chi connectivity index (χ4n) is 1.57. The van der Waals surface area contributed by atoms with Gasteiger partial charge in [0.25, 0.3) is 0 Å². The van der Waals surface area contributed by atoms with E-state index in [0.29, 0.717) is 16.6 Å². The van der Waals surface area contributed by atoms with Crippen LogP contribution >= 0.6 is 22.6 Å². The van der Waals surface area contributed by atoms with E-state index in [0.717, 1.165) is 9.26 Å². The number of anilines is 1. The number of hydrogen-bond acceptors (Lipinski definition) is 3. The zero-order chi connectivity index (χ0) is 13.5. The van der Waals surface area contributed by atoms with Crippen LogP contribution in [0.2, 0.25) is 0 Å². The number of halogens is 4. The van der Waals surface area contributed by atoms with Gasteiger partial charge in [-0.3, -0.25) is 4.98 Å². The summed E-state index contributed by atoms with van der Waals surface area (Å²) in [5.41, 5.74) is 7.56. The Hall–Kier alpha value is -1.25. The minimum atomic E-state index is -4.71. The molecule has 0 amide bonds. The summed E-state index contributed by atoms with van der Waals surface area (Å²) in [6.45, 7) is 1.79. The lowest BCUT2D eigenvalue weighted by Gasteiger charge is -2.11. The number of hydrogen-bond donors (Lipinski definition) is 1. The Morgan fingerprint density at radius 1 is 1.33 bits per heavy atom. The first-order valence-electron chi connectivity index (χ1n) is 4.89.